The van der Waals surface area contributed by atoms with Crippen LogP contribution in [0.5, 0.6) is 0 Å². The van der Waals surface area contributed by atoms with E-state index in [1.807, 2.05) is 13.0 Å². The molecule has 0 fully saturated rings. The number of anilines is 2. The topological polar surface area (TPSA) is 74.7 Å². The molecule has 5 heteroatoms. The molecule has 0 aliphatic heterocycles. The highest BCUT2D eigenvalue weighted by atomic mass is 16.4. The number of benzene rings is 1. The Labute approximate surface area is 124 Å². The molecule has 0 saturated carbocycles. The Morgan fingerprint density at radius 3 is 2.48 bits per heavy atom. The van der Waals surface area contributed by atoms with Crippen LogP contribution in [-0.2, 0) is 0 Å². The zero-order valence-electron chi connectivity index (χ0n) is 12.5. The smallest absolute Gasteiger partial charge is 0.170 e. The van der Waals surface area contributed by atoms with Gasteiger partial charge < -0.3 is 15.8 Å². The van der Waals surface area contributed by atoms with Crippen LogP contribution in [0.4, 0.5) is 11.5 Å². The molecule has 21 heavy (non-hydrogen) atoms. The number of rotatable bonds is 4. The van der Waals surface area contributed by atoms with Gasteiger partial charge in [-0.15, -0.1) is 0 Å². The van der Waals surface area contributed by atoms with Crippen molar-refractivity contribution in [1.29, 1.82) is 0 Å². The molecule has 0 spiro atoms. The van der Waals surface area contributed by atoms with Crippen molar-refractivity contribution in [3.05, 3.63) is 53.2 Å². The highest BCUT2D eigenvalue weighted by Crippen LogP contribution is 2.25. The number of pyridine rings is 1. The monoisotopic (exact) mass is 284 g/mol. The van der Waals surface area contributed by atoms with Crippen LogP contribution in [0.25, 0.3) is 0 Å². The van der Waals surface area contributed by atoms with E-state index in [2.05, 4.69) is 53.2 Å². The number of amidine groups is 1. The van der Waals surface area contributed by atoms with Crippen LogP contribution in [-0.4, -0.2) is 22.6 Å². The van der Waals surface area contributed by atoms with E-state index >= 15 is 0 Å². The van der Waals surface area contributed by atoms with Gasteiger partial charge in [-0.1, -0.05) is 22.9 Å². The molecule has 0 amide bonds. The number of nitrogens with zero attached hydrogens (tertiary/aromatic N) is 3. The van der Waals surface area contributed by atoms with Crippen LogP contribution < -0.4 is 10.6 Å². The lowest BCUT2D eigenvalue weighted by molar-refractivity contribution is 0.318. The van der Waals surface area contributed by atoms with Gasteiger partial charge in [0.2, 0.25) is 0 Å². The van der Waals surface area contributed by atoms with Gasteiger partial charge in [0.15, 0.2) is 5.84 Å². The molecule has 0 bridgehead atoms. The fourth-order valence-corrected chi connectivity index (χ4v) is 2.20. The molecule has 0 aliphatic rings. The summed E-state index contributed by atoms with van der Waals surface area (Å²) in [5, 5.41) is 11.9. The molecule has 0 saturated heterocycles. The molecular formula is C16H20N4O. The van der Waals surface area contributed by atoms with E-state index < -0.39 is 0 Å². The Kier molecular flexibility index (Phi) is 4.42. The largest absolute Gasteiger partial charge is 0.409 e. The van der Waals surface area contributed by atoms with Crippen molar-refractivity contribution < 1.29 is 5.21 Å². The average molecular weight is 284 g/mol. The number of nitrogens with two attached hydrogens (primary N) is 1. The summed E-state index contributed by atoms with van der Waals surface area (Å²) < 4.78 is 0. The predicted molar refractivity (Wildman–Crippen MR) is 85.3 cm³/mol. The van der Waals surface area contributed by atoms with Crippen LogP contribution in [0.3, 0.4) is 0 Å². The quantitative estimate of drug-likeness (QED) is 0.392. The van der Waals surface area contributed by atoms with Crippen LogP contribution in [0.15, 0.2) is 41.6 Å². The van der Waals surface area contributed by atoms with Gasteiger partial charge >= 0.3 is 0 Å². The van der Waals surface area contributed by atoms with Crippen LogP contribution >= 0.6 is 0 Å². The maximum atomic E-state index is 8.84. The molecule has 1 aromatic heterocycles. The van der Waals surface area contributed by atoms with Gasteiger partial charge in [0, 0.05) is 23.5 Å². The Bertz CT molecular complexity index is 650. The molecule has 0 aliphatic carbocycles. The Hall–Kier alpha value is -2.56. The van der Waals surface area contributed by atoms with E-state index in [1.54, 1.807) is 6.07 Å². The summed E-state index contributed by atoms with van der Waals surface area (Å²) in [6.07, 6.45) is 0. The number of hydrogen-bond acceptors (Lipinski definition) is 4. The number of oxime groups is 1. The maximum Gasteiger partial charge on any atom is 0.170 e. The molecule has 5 nitrogen and oxygen atoms in total. The maximum absolute atomic E-state index is 8.84. The second-order valence-electron chi connectivity index (χ2n) is 4.92. The van der Waals surface area contributed by atoms with E-state index in [0.717, 1.165) is 23.7 Å². The van der Waals surface area contributed by atoms with Gasteiger partial charge in [0.25, 0.3) is 0 Å². The zero-order chi connectivity index (χ0) is 15.4. The summed E-state index contributed by atoms with van der Waals surface area (Å²) in [6, 6.07) is 11.9. The van der Waals surface area contributed by atoms with Gasteiger partial charge in [-0.2, -0.15) is 0 Å². The van der Waals surface area contributed by atoms with Crippen molar-refractivity contribution in [2.24, 2.45) is 10.9 Å². The fraction of sp³-hybridized carbons (Fsp3) is 0.250. The zero-order valence-corrected chi connectivity index (χ0v) is 12.5. The van der Waals surface area contributed by atoms with E-state index in [9.17, 15) is 0 Å². The lowest BCUT2D eigenvalue weighted by Gasteiger charge is -2.23. The minimum absolute atomic E-state index is 0.0849. The molecular weight excluding hydrogens is 264 g/mol. The predicted octanol–water partition coefficient (Wildman–Crippen LogP) is 2.95. The van der Waals surface area contributed by atoms with Gasteiger partial charge in [0.05, 0.1) is 0 Å². The van der Waals surface area contributed by atoms with Crippen molar-refractivity contribution in [3.8, 4) is 0 Å². The van der Waals surface area contributed by atoms with Gasteiger partial charge in [0.1, 0.15) is 5.82 Å². The second kappa shape index (κ2) is 6.26. The molecule has 3 N–H and O–H groups in total. The van der Waals surface area contributed by atoms with E-state index in [0.29, 0.717) is 5.56 Å². The van der Waals surface area contributed by atoms with Crippen LogP contribution in [0.1, 0.15) is 23.7 Å². The normalized spacial score (nSPS) is 11.5. The molecule has 0 atom stereocenters. The summed E-state index contributed by atoms with van der Waals surface area (Å²) >= 11 is 0. The molecule has 2 rings (SSSR count). The molecule has 0 unspecified atom stereocenters. The lowest BCUT2D eigenvalue weighted by atomic mass is 10.2. The molecule has 110 valence electrons. The number of aromatic nitrogens is 1. The van der Waals surface area contributed by atoms with Crippen molar-refractivity contribution in [2.75, 3.05) is 11.4 Å². The molecule has 2 aromatic rings. The Morgan fingerprint density at radius 1 is 1.24 bits per heavy atom. The molecule has 0 radical (unpaired) electrons. The molecule has 1 aromatic carbocycles. The first-order valence-corrected chi connectivity index (χ1v) is 6.86. The Morgan fingerprint density at radius 2 is 1.90 bits per heavy atom. The molecule has 1 heterocycles. The highest BCUT2D eigenvalue weighted by Gasteiger charge is 2.12. The van der Waals surface area contributed by atoms with Crippen LogP contribution in [0, 0.1) is 13.8 Å². The third-order valence-electron chi connectivity index (χ3n) is 3.28. The van der Waals surface area contributed by atoms with Crippen LogP contribution in [0.2, 0.25) is 0 Å². The van der Waals surface area contributed by atoms with E-state index in [1.165, 1.54) is 5.56 Å². The van der Waals surface area contributed by atoms with Crippen molar-refractivity contribution >= 4 is 17.3 Å². The summed E-state index contributed by atoms with van der Waals surface area (Å²) in [5.74, 6) is 0.865. The minimum Gasteiger partial charge on any atom is -0.409 e. The third-order valence-corrected chi connectivity index (χ3v) is 3.28. The van der Waals surface area contributed by atoms with Crippen molar-refractivity contribution in [1.82, 2.24) is 4.98 Å². The first-order valence-electron chi connectivity index (χ1n) is 6.86. The Balaban J connectivity index is 2.47. The summed E-state index contributed by atoms with van der Waals surface area (Å²) in [7, 11) is 0. The van der Waals surface area contributed by atoms with Gasteiger partial charge in [-0.25, -0.2) is 4.98 Å². The number of hydrogen-bond donors (Lipinski definition) is 2. The van der Waals surface area contributed by atoms with Crippen molar-refractivity contribution in [2.45, 2.75) is 20.8 Å². The lowest BCUT2D eigenvalue weighted by Crippen LogP contribution is -2.20. The average Bonchev–Trinajstić information content (AvgIpc) is 2.48. The summed E-state index contributed by atoms with van der Waals surface area (Å²) in [4.78, 5) is 6.64. The SMILES string of the molecule is CCN(c1ccc(C)cc1)c1cc(/C(N)=N/O)cc(C)n1. The van der Waals surface area contributed by atoms with E-state index in [-0.39, 0.29) is 5.84 Å². The fourth-order valence-electron chi connectivity index (χ4n) is 2.20. The summed E-state index contributed by atoms with van der Waals surface area (Å²) in [5.41, 5.74) is 9.44. The standard InChI is InChI=1S/C16H20N4O/c1-4-20(14-7-5-11(2)6-8-14)15-10-13(16(17)19-21)9-12(3)18-15/h5-10,21H,4H2,1-3H3,(H2,17,19). The highest BCUT2D eigenvalue weighted by molar-refractivity contribution is 5.97. The summed E-state index contributed by atoms with van der Waals surface area (Å²) in [6.45, 7) is 6.78. The van der Waals surface area contributed by atoms with Crippen molar-refractivity contribution in [3.63, 3.8) is 0 Å². The van der Waals surface area contributed by atoms with Gasteiger partial charge in [-0.3, -0.25) is 0 Å². The second-order valence-corrected chi connectivity index (χ2v) is 4.92. The minimum atomic E-state index is 0.0849. The first kappa shape index (κ1) is 14.8. The third kappa shape index (κ3) is 3.31. The van der Waals surface area contributed by atoms with Gasteiger partial charge in [-0.05, 0) is 45.0 Å². The van der Waals surface area contributed by atoms with E-state index in [4.69, 9.17) is 10.9 Å². The number of aryl methyl sites for hydroxylation is 2. The first-order chi connectivity index (χ1) is 10.0.